The van der Waals surface area contributed by atoms with Gasteiger partial charge in [-0.15, -0.1) is 0 Å². The van der Waals surface area contributed by atoms with Crippen LogP contribution in [0.25, 0.3) is 6.08 Å². The van der Waals surface area contributed by atoms with Crippen molar-refractivity contribution < 1.29 is 13.2 Å². The van der Waals surface area contributed by atoms with Crippen LogP contribution >= 0.6 is 11.8 Å². The maximum atomic E-state index is 11.9. The molecule has 0 fully saturated rings. The summed E-state index contributed by atoms with van der Waals surface area (Å²) in [7, 11) is -2.11. The lowest BCUT2D eigenvalue weighted by Gasteiger charge is -2.05. The van der Waals surface area contributed by atoms with E-state index in [0.717, 1.165) is 22.6 Å². The van der Waals surface area contributed by atoms with Crippen molar-refractivity contribution in [2.45, 2.75) is 10.6 Å². The SMILES string of the molecule is CNS(=O)(=O)c1ccc(/C=C/C(=O)NCCSCc2ccccc2C#N)cc1. The number of thioether (sulfide) groups is 1. The van der Waals surface area contributed by atoms with Crippen LogP contribution in [0.15, 0.2) is 59.5 Å². The zero-order valence-electron chi connectivity index (χ0n) is 15.4. The summed E-state index contributed by atoms with van der Waals surface area (Å²) < 4.78 is 25.6. The molecule has 0 unspecified atom stereocenters. The number of carbonyl (C=O) groups is 1. The normalized spacial score (nSPS) is 11.3. The van der Waals surface area contributed by atoms with Gasteiger partial charge in [-0.3, -0.25) is 4.79 Å². The molecule has 146 valence electrons. The van der Waals surface area contributed by atoms with Gasteiger partial charge in [0.25, 0.3) is 0 Å². The summed E-state index contributed by atoms with van der Waals surface area (Å²) >= 11 is 1.65. The molecule has 0 aliphatic rings. The predicted octanol–water partition coefficient (Wildman–Crippen LogP) is 2.53. The van der Waals surface area contributed by atoms with Crippen molar-refractivity contribution >= 4 is 33.8 Å². The van der Waals surface area contributed by atoms with E-state index >= 15 is 0 Å². The largest absolute Gasteiger partial charge is 0.352 e. The average molecular weight is 416 g/mol. The molecule has 2 N–H and O–H groups in total. The maximum absolute atomic E-state index is 11.9. The van der Waals surface area contributed by atoms with Crippen LogP contribution in [0, 0.1) is 11.3 Å². The van der Waals surface area contributed by atoms with E-state index in [1.54, 1.807) is 36.0 Å². The molecule has 0 spiro atoms. The molecule has 8 heteroatoms. The summed E-state index contributed by atoms with van der Waals surface area (Å²) in [6, 6.07) is 15.9. The molecule has 6 nitrogen and oxygen atoms in total. The number of rotatable bonds is 9. The number of hydrogen-bond acceptors (Lipinski definition) is 5. The van der Waals surface area contributed by atoms with Crippen molar-refractivity contribution in [3.05, 3.63) is 71.3 Å². The Morgan fingerprint density at radius 1 is 1.18 bits per heavy atom. The van der Waals surface area contributed by atoms with E-state index in [0.29, 0.717) is 12.1 Å². The molecule has 2 aromatic rings. The van der Waals surface area contributed by atoms with Crippen LogP contribution in [-0.4, -0.2) is 33.7 Å². The molecule has 0 radical (unpaired) electrons. The first-order valence-electron chi connectivity index (χ1n) is 8.51. The smallest absolute Gasteiger partial charge is 0.244 e. The molecule has 0 aliphatic heterocycles. The van der Waals surface area contributed by atoms with E-state index in [1.165, 1.54) is 25.3 Å². The van der Waals surface area contributed by atoms with Crippen molar-refractivity contribution in [1.29, 1.82) is 5.26 Å². The Morgan fingerprint density at radius 3 is 2.57 bits per heavy atom. The summed E-state index contributed by atoms with van der Waals surface area (Å²) in [5.41, 5.74) is 2.40. The van der Waals surface area contributed by atoms with Gasteiger partial charge in [-0.2, -0.15) is 17.0 Å². The van der Waals surface area contributed by atoms with E-state index < -0.39 is 10.0 Å². The Hall–Kier alpha value is -2.60. The fraction of sp³-hybridized carbons (Fsp3) is 0.200. The van der Waals surface area contributed by atoms with Gasteiger partial charge in [-0.1, -0.05) is 30.3 Å². The van der Waals surface area contributed by atoms with Gasteiger partial charge in [0.2, 0.25) is 15.9 Å². The molecule has 2 rings (SSSR count). The molecular weight excluding hydrogens is 394 g/mol. The molecule has 28 heavy (non-hydrogen) atoms. The van der Waals surface area contributed by atoms with Gasteiger partial charge in [0.1, 0.15) is 0 Å². The van der Waals surface area contributed by atoms with E-state index in [9.17, 15) is 13.2 Å². The number of sulfonamides is 1. The lowest BCUT2D eigenvalue weighted by molar-refractivity contribution is -0.116. The van der Waals surface area contributed by atoms with Crippen LogP contribution in [0.4, 0.5) is 0 Å². The number of nitriles is 1. The Morgan fingerprint density at radius 2 is 1.89 bits per heavy atom. The summed E-state index contributed by atoms with van der Waals surface area (Å²) in [6.45, 7) is 0.516. The highest BCUT2D eigenvalue weighted by Crippen LogP contribution is 2.15. The Kier molecular flexibility index (Phi) is 8.26. The molecule has 0 saturated carbocycles. The van der Waals surface area contributed by atoms with Crippen molar-refractivity contribution in [1.82, 2.24) is 10.0 Å². The van der Waals surface area contributed by atoms with E-state index in [-0.39, 0.29) is 10.8 Å². The molecule has 0 heterocycles. The first kappa shape index (κ1) is 21.7. The van der Waals surface area contributed by atoms with Crippen molar-refractivity contribution in [2.24, 2.45) is 0 Å². The molecule has 2 aromatic carbocycles. The second-order valence-electron chi connectivity index (χ2n) is 5.72. The van der Waals surface area contributed by atoms with Gasteiger partial charge in [-0.05, 0) is 42.4 Å². The standard InChI is InChI=1S/C20H21N3O3S2/c1-22-28(25,26)19-9-6-16(7-10-19)8-11-20(24)23-12-13-27-15-18-5-3-2-4-17(18)14-21/h2-11,22H,12-13,15H2,1H3,(H,23,24)/b11-8+. The highest BCUT2D eigenvalue weighted by atomic mass is 32.2. The number of benzene rings is 2. The monoisotopic (exact) mass is 415 g/mol. The number of nitrogens with one attached hydrogen (secondary N) is 2. The van der Waals surface area contributed by atoms with Crippen LogP contribution in [0.1, 0.15) is 16.7 Å². The van der Waals surface area contributed by atoms with Gasteiger partial charge >= 0.3 is 0 Å². The first-order chi connectivity index (χ1) is 13.5. The summed E-state index contributed by atoms with van der Waals surface area (Å²) in [5, 5.41) is 11.9. The Labute approximate surface area is 169 Å². The minimum atomic E-state index is -3.46. The summed E-state index contributed by atoms with van der Waals surface area (Å²) in [4.78, 5) is 12.0. The van der Waals surface area contributed by atoms with Crippen LogP contribution in [-0.2, 0) is 20.6 Å². The van der Waals surface area contributed by atoms with Gasteiger partial charge < -0.3 is 5.32 Å². The minimum Gasteiger partial charge on any atom is -0.352 e. The van der Waals surface area contributed by atoms with Crippen LogP contribution in [0.5, 0.6) is 0 Å². The van der Waals surface area contributed by atoms with Gasteiger partial charge in [0.15, 0.2) is 0 Å². The summed E-state index contributed by atoms with van der Waals surface area (Å²) in [5.74, 6) is 1.23. The molecular formula is C20H21N3O3S2. The Bertz CT molecular complexity index is 979. The zero-order valence-corrected chi connectivity index (χ0v) is 17.0. The lowest BCUT2D eigenvalue weighted by atomic mass is 10.1. The van der Waals surface area contributed by atoms with Crippen molar-refractivity contribution in [3.63, 3.8) is 0 Å². The number of nitrogens with zero attached hydrogens (tertiary/aromatic N) is 1. The van der Waals surface area contributed by atoms with Crippen LogP contribution in [0.3, 0.4) is 0 Å². The maximum Gasteiger partial charge on any atom is 0.244 e. The third-order valence-electron chi connectivity index (χ3n) is 3.83. The number of carbonyl (C=O) groups excluding carboxylic acids is 1. The van der Waals surface area contributed by atoms with E-state index in [4.69, 9.17) is 5.26 Å². The topological polar surface area (TPSA) is 99.1 Å². The Balaban J connectivity index is 1.74. The number of hydrogen-bond donors (Lipinski definition) is 2. The predicted molar refractivity (Wildman–Crippen MR) is 112 cm³/mol. The third kappa shape index (κ3) is 6.53. The minimum absolute atomic E-state index is 0.173. The fourth-order valence-corrected chi connectivity index (χ4v) is 3.88. The second kappa shape index (κ2) is 10.7. The quantitative estimate of drug-likeness (QED) is 0.484. The second-order valence-corrected chi connectivity index (χ2v) is 8.71. The van der Waals surface area contributed by atoms with Gasteiger partial charge in [0.05, 0.1) is 16.5 Å². The van der Waals surface area contributed by atoms with Gasteiger partial charge in [-0.25, -0.2) is 13.1 Å². The first-order valence-corrected chi connectivity index (χ1v) is 11.2. The lowest BCUT2D eigenvalue weighted by Crippen LogP contribution is -2.23. The molecule has 0 bridgehead atoms. The van der Waals surface area contributed by atoms with Crippen molar-refractivity contribution in [2.75, 3.05) is 19.3 Å². The highest BCUT2D eigenvalue weighted by Gasteiger charge is 2.09. The fourth-order valence-electron chi connectivity index (χ4n) is 2.29. The molecule has 0 atom stereocenters. The molecule has 0 saturated heterocycles. The summed E-state index contributed by atoms with van der Waals surface area (Å²) in [6.07, 6.45) is 3.04. The zero-order chi connectivity index (χ0) is 20.4. The van der Waals surface area contributed by atoms with E-state index in [2.05, 4.69) is 16.1 Å². The third-order valence-corrected chi connectivity index (χ3v) is 6.27. The van der Waals surface area contributed by atoms with Crippen LogP contribution in [0.2, 0.25) is 0 Å². The average Bonchev–Trinajstić information content (AvgIpc) is 2.72. The van der Waals surface area contributed by atoms with Crippen molar-refractivity contribution in [3.8, 4) is 6.07 Å². The molecule has 1 amide bonds. The van der Waals surface area contributed by atoms with E-state index in [1.807, 2.05) is 18.2 Å². The van der Waals surface area contributed by atoms with Gasteiger partial charge in [0, 0.05) is 24.1 Å². The highest BCUT2D eigenvalue weighted by molar-refractivity contribution is 7.98. The van der Waals surface area contributed by atoms with Crippen LogP contribution < -0.4 is 10.0 Å². The number of amides is 1. The molecule has 0 aliphatic carbocycles. The molecule has 0 aromatic heterocycles.